The molecule has 36 heavy (non-hydrogen) atoms. The van der Waals surface area contributed by atoms with E-state index in [-0.39, 0.29) is 30.7 Å². The van der Waals surface area contributed by atoms with Gasteiger partial charge < -0.3 is 5.32 Å². The van der Waals surface area contributed by atoms with Gasteiger partial charge in [0.05, 0.1) is 17.6 Å². The van der Waals surface area contributed by atoms with Crippen LogP contribution >= 0.6 is 0 Å². The van der Waals surface area contributed by atoms with Crippen LogP contribution in [0.1, 0.15) is 43.4 Å². The number of carbonyl (C=O) groups is 2. The number of hydrogen-bond donors (Lipinski definition) is 1. The first-order valence-electron chi connectivity index (χ1n) is 12.0. The largest absolute Gasteiger partial charge is 0.325 e. The van der Waals surface area contributed by atoms with E-state index in [0.29, 0.717) is 22.6 Å². The van der Waals surface area contributed by atoms with Crippen molar-refractivity contribution >= 4 is 34.4 Å². The van der Waals surface area contributed by atoms with Crippen LogP contribution in [0.3, 0.4) is 0 Å². The zero-order chi connectivity index (χ0) is 25.8. The van der Waals surface area contributed by atoms with E-state index < -0.39 is 5.56 Å². The summed E-state index contributed by atoms with van der Waals surface area (Å²) in [6.07, 6.45) is 0. The lowest BCUT2D eigenvalue weighted by molar-refractivity contribution is -0.117. The molecular weight excluding hydrogens is 452 g/mol. The number of fused-ring (bicyclic) bond motifs is 1. The van der Waals surface area contributed by atoms with Crippen molar-refractivity contribution in [2.75, 3.05) is 10.2 Å². The fourth-order valence-corrected chi connectivity index (χ4v) is 4.10. The molecule has 7 nitrogen and oxygen atoms in total. The monoisotopic (exact) mass is 482 g/mol. The highest BCUT2D eigenvalue weighted by Gasteiger charge is 2.22. The van der Waals surface area contributed by atoms with E-state index in [1.54, 1.807) is 18.2 Å². The molecule has 1 N–H and O–H groups in total. The summed E-state index contributed by atoms with van der Waals surface area (Å²) >= 11 is 0. The van der Waals surface area contributed by atoms with E-state index in [0.717, 1.165) is 11.1 Å². The highest BCUT2D eigenvalue weighted by molar-refractivity contribution is 5.93. The molecule has 184 valence electrons. The molecule has 7 heteroatoms. The third-order valence-electron chi connectivity index (χ3n) is 6.22. The molecule has 0 bridgehead atoms. The van der Waals surface area contributed by atoms with E-state index in [2.05, 4.69) is 24.1 Å². The summed E-state index contributed by atoms with van der Waals surface area (Å²) < 4.78 is 1.38. The lowest BCUT2D eigenvalue weighted by Gasteiger charge is -2.22. The number of benzene rings is 3. The van der Waals surface area contributed by atoms with E-state index >= 15 is 0 Å². The number of nitrogens with zero attached hydrogens (tertiary/aromatic N) is 3. The number of anilines is 2. The Bertz CT molecular complexity index is 1470. The Morgan fingerprint density at radius 2 is 1.64 bits per heavy atom. The molecule has 0 atom stereocenters. The van der Waals surface area contributed by atoms with E-state index in [4.69, 9.17) is 0 Å². The van der Waals surface area contributed by atoms with Gasteiger partial charge in [0, 0.05) is 12.6 Å². The molecule has 0 saturated carbocycles. The van der Waals surface area contributed by atoms with Crippen molar-refractivity contribution in [3.05, 3.63) is 99.8 Å². The molecule has 1 heterocycles. The van der Waals surface area contributed by atoms with Crippen LogP contribution < -0.4 is 15.8 Å². The third-order valence-corrected chi connectivity index (χ3v) is 6.22. The highest BCUT2D eigenvalue weighted by atomic mass is 16.2. The Hall–Kier alpha value is -4.26. The Labute approximate surface area is 210 Å². The lowest BCUT2D eigenvalue weighted by Crippen LogP contribution is -2.38. The fourth-order valence-electron chi connectivity index (χ4n) is 4.10. The minimum atomic E-state index is -0.497. The summed E-state index contributed by atoms with van der Waals surface area (Å²) in [5.74, 6) is -0.262. The van der Waals surface area contributed by atoms with Gasteiger partial charge in [0.2, 0.25) is 17.6 Å². The quantitative estimate of drug-likeness (QED) is 0.401. The van der Waals surface area contributed by atoms with Crippen molar-refractivity contribution in [2.24, 2.45) is 0 Å². The van der Waals surface area contributed by atoms with Gasteiger partial charge in [0.1, 0.15) is 6.54 Å². The van der Waals surface area contributed by atoms with Crippen LogP contribution in [0.4, 0.5) is 11.5 Å². The van der Waals surface area contributed by atoms with Gasteiger partial charge in [-0.15, -0.1) is 0 Å². The predicted octanol–water partition coefficient (Wildman–Crippen LogP) is 5.02. The zero-order valence-corrected chi connectivity index (χ0v) is 21.0. The average molecular weight is 483 g/mol. The minimum Gasteiger partial charge on any atom is -0.325 e. The van der Waals surface area contributed by atoms with Crippen LogP contribution in [0.25, 0.3) is 11.0 Å². The molecule has 0 radical (unpaired) electrons. The van der Waals surface area contributed by atoms with Gasteiger partial charge in [-0.05, 0) is 53.8 Å². The Balaban J connectivity index is 1.70. The first kappa shape index (κ1) is 24.9. The molecule has 4 aromatic rings. The van der Waals surface area contributed by atoms with Crippen molar-refractivity contribution in [3.8, 4) is 0 Å². The molecule has 4 rings (SSSR count). The van der Waals surface area contributed by atoms with Crippen molar-refractivity contribution < 1.29 is 9.59 Å². The second-order valence-corrected chi connectivity index (χ2v) is 9.17. The first-order valence-corrected chi connectivity index (χ1v) is 12.0. The number of aryl methyl sites for hydroxylation is 1. The maximum atomic E-state index is 13.6. The summed E-state index contributed by atoms with van der Waals surface area (Å²) in [7, 11) is 0. The summed E-state index contributed by atoms with van der Waals surface area (Å²) in [6, 6.07) is 22.5. The summed E-state index contributed by atoms with van der Waals surface area (Å²) in [4.78, 5) is 45.2. The van der Waals surface area contributed by atoms with E-state index in [9.17, 15) is 14.4 Å². The molecule has 0 saturated heterocycles. The molecule has 1 aromatic heterocycles. The van der Waals surface area contributed by atoms with Gasteiger partial charge in [0.15, 0.2) is 0 Å². The fraction of sp³-hybridized carbons (Fsp3) is 0.241. The van der Waals surface area contributed by atoms with Gasteiger partial charge in [-0.25, -0.2) is 4.98 Å². The van der Waals surface area contributed by atoms with E-state index in [1.165, 1.54) is 22.0 Å². The predicted molar refractivity (Wildman–Crippen MR) is 143 cm³/mol. The Morgan fingerprint density at radius 3 is 2.31 bits per heavy atom. The topological polar surface area (TPSA) is 84.3 Å². The maximum Gasteiger partial charge on any atom is 0.294 e. The molecule has 0 unspecified atom stereocenters. The number of rotatable bonds is 7. The molecule has 0 fully saturated rings. The Kier molecular flexibility index (Phi) is 7.29. The van der Waals surface area contributed by atoms with Gasteiger partial charge in [-0.2, -0.15) is 0 Å². The van der Waals surface area contributed by atoms with Crippen LogP contribution in [0, 0.1) is 6.92 Å². The SMILES string of the molecule is CC(=O)N(Cc1ccccc1C)c1nc2ccccc2n(CC(=O)Nc2ccc(C(C)C)cc2)c1=O. The van der Waals surface area contributed by atoms with Crippen molar-refractivity contribution in [3.63, 3.8) is 0 Å². The molecule has 0 aliphatic carbocycles. The number of nitrogens with one attached hydrogen (secondary N) is 1. The van der Waals surface area contributed by atoms with Crippen molar-refractivity contribution in [2.45, 2.75) is 46.7 Å². The second kappa shape index (κ2) is 10.6. The average Bonchev–Trinajstić information content (AvgIpc) is 2.85. The molecule has 0 aliphatic heterocycles. The summed E-state index contributed by atoms with van der Waals surface area (Å²) in [5, 5.41) is 2.87. The van der Waals surface area contributed by atoms with Crippen LogP contribution in [0.15, 0.2) is 77.6 Å². The summed E-state index contributed by atoms with van der Waals surface area (Å²) in [5.41, 5.74) is 4.30. The standard InChI is InChI=1S/C29H30N4O3/c1-19(2)22-13-15-24(16-14-22)30-27(35)18-33-26-12-8-7-11-25(26)31-28(29(33)36)32(21(4)34)17-23-10-6-5-9-20(23)3/h5-16,19H,17-18H2,1-4H3,(H,30,35). The van der Waals surface area contributed by atoms with Crippen LogP contribution in [0.2, 0.25) is 0 Å². The highest BCUT2D eigenvalue weighted by Crippen LogP contribution is 2.20. The zero-order valence-electron chi connectivity index (χ0n) is 21.0. The maximum absolute atomic E-state index is 13.6. The van der Waals surface area contributed by atoms with Crippen LogP contribution in [-0.2, 0) is 22.7 Å². The van der Waals surface area contributed by atoms with Gasteiger partial charge >= 0.3 is 0 Å². The second-order valence-electron chi connectivity index (χ2n) is 9.17. The van der Waals surface area contributed by atoms with Crippen molar-refractivity contribution in [1.82, 2.24) is 9.55 Å². The number of carbonyl (C=O) groups excluding carboxylic acids is 2. The van der Waals surface area contributed by atoms with Crippen LogP contribution in [-0.4, -0.2) is 21.4 Å². The first-order chi connectivity index (χ1) is 17.2. The lowest BCUT2D eigenvalue weighted by atomic mass is 10.0. The normalized spacial score (nSPS) is 11.0. The number of aromatic nitrogens is 2. The molecule has 3 aromatic carbocycles. The summed E-state index contributed by atoms with van der Waals surface area (Å²) in [6.45, 7) is 7.57. The third kappa shape index (κ3) is 5.35. The molecule has 2 amide bonds. The number of hydrogen-bond acceptors (Lipinski definition) is 4. The molecular formula is C29H30N4O3. The van der Waals surface area contributed by atoms with Gasteiger partial charge in [-0.3, -0.25) is 23.9 Å². The van der Waals surface area contributed by atoms with E-state index in [1.807, 2.05) is 61.5 Å². The Morgan fingerprint density at radius 1 is 0.972 bits per heavy atom. The number of amides is 2. The number of para-hydroxylation sites is 2. The van der Waals surface area contributed by atoms with Gasteiger partial charge in [0.25, 0.3) is 5.56 Å². The smallest absolute Gasteiger partial charge is 0.294 e. The minimum absolute atomic E-state index is 0.00135. The van der Waals surface area contributed by atoms with Gasteiger partial charge in [-0.1, -0.05) is 62.4 Å². The van der Waals surface area contributed by atoms with Crippen LogP contribution in [0.5, 0.6) is 0 Å². The molecule has 0 spiro atoms. The molecule has 0 aliphatic rings. The van der Waals surface area contributed by atoms with Crippen molar-refractivity contribution in [1.29, 1.82) is 0 Å².